The van der Waals surface area contributed by atoms with E-state index in [2.05, 4.69) is 34.2 Å². The van der Waals surface area contributed by atoms with Crippen molar-refractivity contribution in [3.63, 3.8) is 0 Å². The lowest BCUT2D eigenvalue weighted by Crippen LogP contribution is -2.02. The zero-order valence-electron chi connectivity index (χ0n) is 12.3. The number of nitrogens with two attached hydrogens (primary N) is 1. The van der Waals surface area contributed by atoms with E-state index in [0.717, 1.165) is 42.7 Å². The van der Waals surface area contributed by atoms with Gasteiger partial charge >= 0.3 is 0 Å². The molecule has 0 unspecified atom stereocenters. The van der Waals surface area contributed by atoms with Gasteiger partial charge in [-0.1, -0.05) is 42.1 Å². The highest BCUT2D eigenvalue weighted by atomic mass is 32.2. The van der Waals surface area contributed by atoms with Crippen LogP contribution in [0.1, 0.15) is 17.7 Å². The zero-order valence-corrected chi connectivity index (χ0v) is 13.1. The molecule has 0 aliphatic rings. The fourth-order valence-electron chi connectivity index (χ4n) is 1.89. The van der Waals surface area contributed by atoms with Crippen molar-refractivity contribution < 1.29 is 4.74 Å². The van der Waals surface area contributed by atoms with Crippen LogP contribution in [-0.4, -0.2) is 28.9 Å². The number of nitrogens with zero attached hydrogens (tertiary/aromatic N) is 2. The average Bonchev–Trinajstić information content (AvgIpc) is 2.46. The summed E-state index contributed by atoms with van der Waals surface area (Å²) in [6.07, 6.45) is 1.95. The summed E-state index contributed by atoms with van der Waals surface area (Å²) in [7, 11) is 0. The fourth-order valence-corrected chi connectivity index (χ4v) is 2.71. The van der Waals surface area contributed by atoms with Crippen LogP contribution in [-0.2, 0) is 11.2 Å². The van der Waals surface area contributed by atoms with Crippen molar-refractivity contribution in [2.45, 2.75) is 24.9 Å². The number of anilines is 1. The van der Waals surface area contributed by atoms with Crippen LogP contribution >= 0.6 is 11.8 Å². The number of nitrogen functional groups attached to an aromatic ring is 1. The zero-order chi connectivity index (χ0) is 14.9. The van der Waals surface area contributed by atoms with Gasteiger partial charge in [-0.15, -0.1) is 0 Å². The SMILES string of the molecule is Cc1cc(N)nc(SCCCOCCc2ccccc2)n1. The van der Waals surface area contributed by atoms with Crippen molar-refractivity contribution in [1.29, 1.82) is 0 Å². The van der Waals surface area contributed by atoms with Crippen molar-refractivity contribution in [2.75, 3.05) is 24.7 Å². The van der Waals surface area contributed by atoms with Crippen molar-refractivity contribution in [1.82, 2.24) is 9.97 Å². The van der Waals surface area contributed by atoms with E-state index in [1.54, 1.807) is 17.8 Å². The first-order chi connectivity index (χ1) is 10.2. The Morgan fingerprint density at radius 3 is 2.71 bits per heavy atom. The summed E-state index contributed by atoms with van der Waals surface area (Å²) >= 11 is 1.62. The highest BCUT2D eigenvalue weighted by Crippen LogP contribution is 2.15. The number of benzene rings is 1. The van der Waals surface area contributed by atoms with Gasteiger partial charge in [-0.05, 0) is 25.3 Å². The normalized spacial score (nSPS) is 10.7. The second-order valence-electron chi connectivity index (χ2n) is 4.77. The van der Waals surface area contributed by atoms with Gasteiger partial charge in [-0.25, -0.2) is 9.97 Å². The first kappa shape index (κ1) is 15.8. The summed E-state index contributed by atoms with van der Waals surface area (Å²) in [6.45, 7) is 3.46. The molecule has 0 aliphatic carbocycles. The number of thioether (sulfide) groups is 1. The van der Waals surface area contributed by atoms with Gasteiger partial charge in [-0.2, -0.15) is 0 Å². The quantitative estimate of drug-likeness (QED) is 0.461. The molecule has 2 aromatic rings. The van der Waals surface area contributed by atoms with Crippen molar-refractivity contribution >= 4 is 17.6 Å². The minimum Gasteiger partial charge on any atom is -0.384 e. The first-order valence-electron chi connectivity index (χ1n) is 7.09. The topological polar surface area (TPSA) is 61.0 Å². The van der Waals surface area contributed by atoms with Crippen LogP contribution in [0.15, 0.2) is 41.6 Å². The number of hydrogen-bond acceptors (Lipinski definition) is 5. The van der Waals surface area contributed by atoms with E-state index in [0.29, 0.717) is 5.82 Å². The molecule has 5 heteroatoms. The third-order valence-electron chi connectivity index (χ3n) is 2.90. The maximum absolute atomic E-state index is 5.70. The third kappa shape index (κ3) is 6.14. The van der Waals surface area contributed by atoms with E-state index >= 15 is 0 Å². The van der Waals surface area contributed by atoms with Gasteiger partial charge in [0.2, 0.25) is 0 Å². The van der Waals surface area contributed by atoms with Crippen molar-refractivity contribution in [3.8, 4) is 0 Å². The molecular weight excluding hydrogens is 282 g/mol. The summed E-state index contributed by atoms with van der Waals surface area (Å²) in [4.78, 5) is 8.54. The van der Waals surface area contributed by atoms with Gasteiger partial charge in [0.25, 0.3) is 0 Å². The number of ether oxygens (including phenoxy) is 1. The predicted octanol–water partition coefficient (Wildman–Crippen LogP) is 3.11. The Morgan fingerprint density at radius 2 is 1.95 bits per heavy atom. The molecule has 0 radical (unpaired) electrons. The Hall–Kier alpha value is -1.59. The van der Waals surface area contributed by atoms with Crippen molar-refractivity contribution in [2.24, 2.45) is 0 Å². The molecule has 0 amide bonds. The van der Waals surface area contributed by atoms with Gasteiger partial charge in [0.15, 0.2) is 5.16 Å². The second kappa shape index (κ2) is 8.64. The highest BCUT2D eigenvalue weighted by molar-refractivity contribution is 7.99. The average molecular weight is 303 g/mol. The van der Waals surface area contributed by atoms with Crippen LogP contribution in [0.4, 0.5) is 5.82 Å². The molecule has 0 spiro atoms. The standard InChI is InChI=1S/C16H21N3OS/c1-13-12-15(17)19-16(18-13)21-11-5-9-20-10-8-14-6-3-2-4-7-14/h2-4,6-7,12H,5,8-11H2,1H3,(H2,17,18,19). The molecule has 4 nitrogen and oxygen atoms in total. The molecule has 0 saturated carbocycles. The Balaban J connectivity index is 1.56. The van der Waals surface area contributed by atoms with Crippen LogP contribution in [0.2, 0.25) is 0 Å². The molecule has 2 rings (SSSR count). The summed E-state index contributed by atoms with van der Waals surface area (Å²) in [5, 5.41) is 0.747. The monoisotopic (exact) mass is 303 g/mol. The minimum absolute atomic E-state index is 0.532. The molecule has 0 bridgehead atoms. The second-order valence-corrected chi connectivity index (χ2v) is 5.83. The summed E-state index contributed by atoms with van der Waals surface area (Å²) in [5.74, 6) is 1.47. The van der Waals surface area contributed by atoms with E-state index in [1.165, 1.54) is 5.56 Å². The minimum atomic E-state index is 0.532. The smallest absolute Gasteiger partial charge is 0.189 e. The molecule has 0 aliphatic heterocycles. The molecule has 0 atom stereocenters. The van der Waals surface area contributed by atoms with Gasteiger partial charge in [0, 0.05) is 24.1 Å². The first-order valence-corrected chi connectivity index (χ1v) is 8.08. The summed E-state index contributed by atoms with van der Waals surface area (Å²) in [6, 6.07) is 12.2. The largest absolute Gasteiger partial charge is 0.384 e. The van der Waals surface area contributed by atoms with Gasteiger partial charge in [0.05, 0.1) is 6.61 Å². The van der Waals surface area contributed by atoms with E-state index in [4.69, 9.17) is 10.5 Å². The van der Waals surface area contributed by atoms with Crippen molar-refractivity contribution in [3.05, 3.63) is 47.7 Å². The third-order valence-corrected chi connectivity index (χ3v) is 3.83. The van der Waals surface area contributed by atoms with Crippen LogP contribution in [0, 0.1) is 6.92 Å². The molecule has 1 aromatic carbocycles. The van der Waals surface area contributed by atoms with Gasteiger partial charge < -0.3 is 10.5 Å². The van der Waals surface area contributed by atoms with Gasteiger partial charge in [-0.3, -0.25) is 0 Å². The number of hydrogen-bond donors (Lipinski definition) is 1. The predicted molar refractivity (Wildman–Crippen MR) is 87.5 cm³/mol. The summed E-state index contributed by atoms with van der Waals surface area (Å²) < 4.78 is 5.64. The lowest BCUT2D eigenvalue weighted by atomic mass is 10.2. The Bertz CT molecular complexity index is 528. The lowest BCUT2D eigenvalue weighted by Gasteiger charge is -2.05. The molecule has 0 fully saturated rings. The van der Waals surface area contributed by atoms with E-state index in [9.17, 15) is 0 Å². The van der Waals surface area contributed by atoms with E-state index in [-0.39, 0.29) is 0 Å². The molecule has 112 valence electrons. The molecule has 0 saturated heterocycles. The van der Waals surface area contributed by atoms with Crippen LogP contribution in [0.25, 0.3) is 0 Å². The van der Waals surface area contributed by atoms with Crippen LogP contribution in [0.5, 0.6) is 0 Å². The summed E-state index contributed by atoms with van der Waals surface area (Å²) in [5.41, 5.74) is 7.92. The highest BCUT2D eigenvalue weighted by Gasteiger charge is 2.00. The lowest BCUT2D eigenvalue weighted by molar-refractivity contribution is 0.138. The molecule has 21 heavy (non-hydrogen) atoms. The Morgan fingerprint density at radius 1 is 1.14 bits per heavy atom. The van der Waals surface area contributed by atoms with Gasteiger partial charge in [0.1, 0.15) is 5.82 Å². The maximum Gasteiger partial charge on any atom is 0.189 e. The van der Waals surface area contributed by atoms with E-state index in [1.807, 2.05) is 13.0 Å². The number of rotatable bonds is 8. The maximum atomic E-state index is 5.70. The molecule has 2 N–H and O–H groups in total. The number of aromatic nitrogens is 2. The molecular formula is C16H21N3OS. The fraction of sp³-hybridized carbons (Fsp3) is 0.375. The Kier molecular flexibility index (Phi) is 6.50. The molecule has 1 aromatic heterocycles. The Labute approximate surface area is 130 Å². The molecule has 1 heterocycles. The van der Waals surface area contributed by atoms with Crippen LogP contribution in [0.3, 0.4) is 0 Å². The number of aryl methyl sites for hydroxylation is 1. The van der Waals surface area contributed by atoms with Crippen LogP contribution < -0.4 is 5.73 Å². The van der Waals surface area contributed by atoms with E-state index < -0.39 is 0 Å².